The number of H-pyrrole nitrogens is 1. The van der Waals surface area contributed by atoms with Gasteiger partial charge in [-0.15, -0.1) is 0 Å². The van der Waals surface area contributed by atoms with Crippen LogP contribution in [0.1, 0.15) is 0 Å². The second-order valence-electron chi connectivity index (χ2n) is 4.80. The molecule has 3 heterocycles. The lowest BCUT2D eigenvalue weighted by Crippen LogP contribution is -2.14. The topological polar surface area (TPSA) is 68.5 Å². The third-order valence-corrected chi connectivity index (χ3v) is 3.87. The zero-order chi connectivity index (χ0) is 14.6. The highest BCUT2D eigenvalue weighted by Gasteiger charge is 2.12. The molecule has 6 nitrogen and oxygen atoms in total. The summed E-state index contributed by atoms with van der Waals surface area (Å²) in [6.07, 6.45) is 3.55. The minimum absolute atomic E-state index is 0.251. The molecule has 0 atom stereocenters. The van der Waals surface area contributed by atoms with Gasteiger partial charge in [0, 0.05) is 24.1 Å². The Bertz CT molecular complexity index is 1040. The van der Waals surface area contributed by atoms with E-state index in [2.05, 4.69) is 30.9 Å². The molecule has 4 aromatic rings. The van der Waals surface area contributed by atoms with Crippen LogP contribution in [0.3, 0.4) is 0 Å². The van der Waals surface area contributed by atoms with E-state index in [1.165, 1.54) is 4.57 Å². The maximum atomic E-state index is 12.2. The summed E-state index contributed by atoms with van der Waals surface area (Å²) in [6, 6.07) is 7.87. The summed E-state index contributed by atoms with van der Waals surface area (Å²) in [6.45, 7) is 0. The highest BCUT2D eigenvalue weighted by molar-refractivity contribution is 9.10. The van der Waals surface area contributed by atoms with Crippen LogP contribution >= 0.6 is 15.9 Å². The van der Waals surface area contributed by atoms with Crippen LogP contribution in [-0.2, 0) is 7.05 Å². The van der Waals surface area contributed by atoms with Crippen LogP contribution in [0.4, 0.5) is 0 Å². The van der Waals surface area contributed by atoms with Crippen molar-refractivity contribution in [1.82, 2.24) is 24.1 Å². The molecule has 1 N–H and O–H groups in total. The number of fused-ring (bicyclic) bond motifs is 2. The number of imidazole rings is 1. The van der Waals surface area contributed by atoms with Gasteiger partial charge in [-0.3, -0.25) is 4.98 Å². The number of halogens is 1. The smallest absolute Gasteiger partial charge is 0.333 e. The molecule has 4 rings (SSSR count). The van der Waals surface area contributed by atoms with Crippen LogP contribution in [0.2, 0.25) is 0 Å². The number of aryl methyl sites for hydroxylation is 1. The van der Waals surface area contributed by atoms with Crippen molar-refractivity contribution < 1.29 is 0 Å². The molecule has 0 saturated heterocycles. The van der Waals surface area contributed by atoms with E-state index in [0.717, 1.165) is 16.6 Å². The third kappa shape index (κ3) is 1.81. The van der Waals surface area contributed by atoms with Crippen LogP contribution in [0.15, 0.2) is 46.1 Å². The van der Waals surface area contributed by atoms with Gasteiger partial charge in [-0.05, 0) is 40.2 Å². The van der Waals surface area contributed by atoms with Crippen molar-refractivity contribution in [3.63, 3.8) is 0 Å². The van der Waals surface area contributed by atoms with Crippen molar-refractivity contribution in [1.29, 1.82) is 0 Å². The Balaban J connectivity index is 2.05. The molecular formula is C14H10BrN5O. The molecule has 0 radical (unpaired) electrons. The van der Waals surface area contributed by atoms with Crippen LogP contribution in [-0.4, -0.2) is 24.1 Å². The normalized spacial score (nSPS) is 11.5. The molecule has 0 saturated carbocycles. The first-order valence-electron chi connectivity index (χ1n) is 6.32. The monoisotopic (exact) mass is 343 g/mol. The first-order valence-corrected chi connectivity index (χ1v) is 7.11. The van der Waals surface area contributed by atoms with E-state index in [1.807, 2.05) is 42.1 Å². The molecule has 0 spiro atoms. The minimum Gasteiger partial charge on any atom is -0.351 e. The minimum atomic E-state index is -0.251. The maximum absolute atomic E-state index is 12.2. The van der Waals surface area contributed by atoms with Gasteiger partial charge in [0.25, 0.3) is 0 Å². The molecule has 0 aliphatic heterocycles. The van der Waals surface area contributed by atoms with Crippen molar-refractivity contribution in [2.75, 3.05) is 0 Å². The number of aromatic nitrogens is 5. The van der Waals surface area contributed by atoms with Gasteiger partial charge in [0.2, 0.25) is 0 Å². The van der Waals surface area contributed by atoms with E-state index in [1.54, 1.807) is 6.20 Å². The molecular weight excluding hydrogens is 334 g/mol. The van der Waals surface area contributed by atoms with Gasteiger partial charge in [0.15, 0.2) is 11.3 Å². The molecule has 0 aliphatic rings. The van der Waals surface area contributed by atoms with E-state index < -0.39 is 0 Å². The second kappa shape index (κ2) is 4.29. The fourth-order valence-corrected chi connectivity index (χ4v) is 2.77. The Morgan fingerprint density at radius 1 is 1.29 bits per heavy atom. The van der Waals surface area contributed by atoms with Crippen LogP contribution < -0.4 is 5.69 Å². The molecule has 0 aliphatic carbocycles. The Labute approximate surface area is 127 Å². The average Bonchev–Trinajstić information content (AvgIpc) is 2.98. The van der Waals surface area contributed by atoms with Gasteiger partial charge in [-0.25, -0.2) is 19.3 Å². The Hall–Kier alpha value is -2.41. The molecule has 0 fully saturated rings. The van der Waals surface area contributed by atoms with E-state index in [-0.39, 0.29) is 5.69 Å². The lowest BCUT2D eigenvalue weighted by molar-refractivity contribution is 0.967. The van der Waals surface area contributed by atoms with Gasteiger partial charge in [0.05, 0.1) is 11.9 Å². The van der Waals surface area contributed by atoms with E-state index in [0.29, 0.717) is 15.9 Å². The number of benzene rings is 1. The number of aromatic amines is 1. The molecule has 104 valence electrons. The molecule has 0 amide bonds. The predicted molar refractivity (Wildman–Crippen MR) is 83.7 cm³/mol. The first-order chi connectivity index (χ1) is 10.1. The predicted octanol–water partition coefficient (Wildman–Crippen LogP) is 2.36. The lowest BCUT2D eigenvalue weighted by atomic mass is 10.2. The van der Waals surface area contributed by atoms with E-state index >= 15 is 0 Å². The highest BCUT2D eigenvalue weighted by Crippen LogP contribution is 2.20. The van der Waals surface area contributed by atoms with Crippen molar-refractivity contribution in [3.8, 4) is 5.69 Å². The number of nitrogens with zero attached hydrogens (tertiary/aromatic N) is 4. The van der Waals surface area contributed by atoms with E-state index in [4.69, 9.17) is 0 Å². The standard InChI is InChI=1S/C14H10BrN5O/c1-19-5-4-8-6-9(2-3-10(8)19)20-13-12(18-14(20)21)16-7-11(15)17-13/h2-7H,1H3,(H,16,18,21). The summed E-state index contributed by atoms with van der Waals surface area (Å²) in [5, 5.41) is 1.07. The SMILES string of the molecule is Cn1ccc2cc(-n3c(=O)[nH]c4ncc(Br)nc43)ccc21. The maximum Gasteiger partial charge on any atom is 0.333 e. The summed E-state index contributed by atoms with van der Waals surface area (Å²) in [5.41, 5.74) is 2.59. The van der Waals surface area contributed by atoms with Crippen LogP contribution in [0, 0.1) is 0 Å². The Kier molecular flexibility index (Phi) is 2.52. The average molecular weight is 344 g/mol. The zero-order valence-electron chi connectivity index (χ0n) is 11.0. The number of hydrogen-bond donors (Lipinski definition) is 1. The number of hydrogen-bond acceptors (Lipinski definition) is 3. The van der Waals surface area contributed by atoms with Crippen molar-refractivity contribution in [2.24, 2.45) is 7.05 Å². The van der Waals surface area contributed by atoms with Crippen molar-refractivity contribution in [2.45, 2.75) is 0 Å². The van der Waals surface area contributed by atoms with Crippen LogP contribution in [0.25, 0.3) is 27.9 Å². The van der Waals surface area contributed by atoms with Crippen molar-refractivity contribution >= 4 is 38.1 Å². The summed E-state index contributed by atoms with van der Waals surface area (Å²) >= 11 is 3.29. The third-order valence-electron chi connectivity index (χ3n) is 3.49. The second-order valence-corrected chi connectivity index (χ2v) is 5.61. The molecule has 0 bridgehead atoms. The van der Waals surface area contributed by atoms with Crippen molar-refractivity contribution in [3.05, 3.63) is 51.7 Å². The van der Waals surface area contributed by atoms with Gasteiger partial charge >= 0.3 is 5.69 Å². The summed E-state index contributed by atoms with van der Waals surface area (Å²) < 4.78 is 4.15. The molecule has 21 heavy (non-hydrogen) atoms. The molecule has 7 heteroatoms. The first kappa shape index (κ1) is 12.3. The number of nitrogens with one attached hydrogen (secondary N) is 1. The summed E-state index contributed by atoms with van der Waals surface area (Å²) in [4.78, 5) is 23.4. The Morgan fingerprint density at radius 3 is 3.00 bits per heavy atom. The fraction of sp³-hybridized carbons (Fsp3) is 0.0714. The van der Waals surface area contributed by atoms with Crippen LogP contribution in [0.5, 0.6) is 0 Å². The quantitative estimate of drug-likeness (QED) is 0.576. The van der Waals surface area contributed by atoms with Gasteiger partial charge in [-0.2, -0.15) is 0 Å². The number of rotatable bonds is 1. The molecule has 1 aromatic carbocycles. The summed E-state index contributed by atoms with van der Waals surface area (Å²) in [5.74, 6) is 0. The highest BCUT2D eigenvalue weighted by atomic mass is 79.9. The molecule has 0 unspecified atom stereocenters. The zero-order valence-corrected chi connectivity index (χ0v) is 12.6. The Morgan fingerprint density at radius 2 is 2.14 bits per heavy atom. The molecule has 3 aromatic heterocycles. The largest absolute Gasteiger partial charge is 0.351 e. The lowest BCUT2D eigenvalue weighted by Gasteiger charge is -2.04. The van der Waals surface area contributed by atoms with Gasteiger partial charge in [0.1, 0.15) is 4.60 Å². The van der Waals surface area contributed by atoms with Gasteiger partial charge < -0.3 is 4.57 Å². The fourth-order valence-electron chi connectivity index (χ4n) is 2.50. The summed E-state index contributed by atoms with van der Waals surface area (Å²) in [7, 11) is 1.99. The van der Waals surface area contributed by atoms with Gasteiger partial charge in [-0.1, -0.05) is 0 Å². The van der Waals surface area contributed by atoms with E-state index in [9.17, 15) is 4.79 Å².